The highest BCUT2D eigenvalue weighted by Gasteiger charge is 2.50. The quantitative estimate of drug-likeness (QED) is 0.839. The number of nitrogens with two attached hydrogens (primary N) is 1. The number of carbonyl (C=O) groups is 1. The highest BCUT2D eigenvalue weighted by atomic mass is 32.2. The molecule has 0 unspecified atom stereocenters. The van der Waals surface area contributed by atoms with Crippen LogP contribution in [-0.4, -0.2) is 32.3 Å². The first-order chi connectivity index (χ1) is 13.3. The topological polar surface area (TPSA) is 86.5 Å². The molecule has 1 amide bonds. The predicted molar refractivity (Wildman–Crippen MR) is 112 cm³/mol. The lowest BCUT2D eigenvalue weighted by Gasteiger charge is -2.33. The number of rotatable bonds is 4. The van der Waals surface area contributed by atoms with Crippen molar-refractivity contribution in [3.05, 3.63) is 54.1 Å². The maximum Gasteiger partial charge on any atom is 0.239 e. The molecule has 1 aliphatic heterocycles. The standard InChI is InChI=1S/C19H21NO4S.C3H8/c1-14-2-4-15(5-3-14)16-6-8-17(9-7-16)25(22,23)19(18(20)21)10-12-24-13-11-19;1-3-2/h2-9H,10-13H2,1H3,(H2,20,21);3H2,1-2H3. The van der Waals surface area contributed by atoms with Gasteiger partial charge in [-0.25, -0.2) is 8.42 Å². The van der Waals surface area contributed by atoms with Gasteiger partial charge in [0, 0.05) is 13.2 Å². The van der Waals surface area contributed by atoms with E-state index in [0.29, 0.717) is 0 Å². The van der Waals surface area contributed by atoms with Gasteiger partial charge in [-0.1, -0.05) is 62.2 Å². The molecule has 5 nitrogen and oxygen atoms in total. The lowest BCUT2D eigenvalue weighted by atomic mass is 9.98. The summed E-state index contributed by atoms with van der Waals surface area (Å²) in [5.41, 5.74) is 8.57. The fourth-order valence-corrected chi connectivity index (χ4v) is 5.06. The van der Waals surface area contributed by atoms with Gasteiger partial charge >= 0.3 is 0 Å². The number of primary amides is 1. The highest BCUT2D eigenvalue weighted by molar-refractivity contribution is 7.93. The largest absolute Gasteiger partial charge is 0.381 e. The molecule has 6 heteroatoms. The predicted octanol–water partition coefficient (Wildman–Crippen LogP) is 3.89. The molecule has 0 aliphatic carbocycles. The van der Waals surface area contributed by atoms with Crippen molar-refractivity contribution in [2.24, 2.45) is 5.73 Å². The minimum Gasteiger partial charge on any atom is -0.381 e. The molecule has 0 atom stereocenters. The minimum atomic E-state index is -3.88. The number of carbonyl (C=O) groups excluding carboxylic acids is 1. The average Bonchev–Trinajstić information content (AvgIpc) is 2.69. The van der Waals surface area contributed by atoms with Gasteiger partial charge < -0.3 is 10.5 Å². The summed E-state index contributed by atoms with van der Waals surface area (Å²) in [5, 5.41) is 0. The van der Waals surface area contributed by atoms with Crippen molar-refractivity contribution in [2.75, 3.05) is 13.2 Å². The Balaban J connectivity index is 0.000000878. The summed E-state index contributed by atoms with van der Waals surface area (Å²) in [5.74, 6) is -0.807. The summed E-state index contributed by atoms with van der Waals surface area (Å²) in [7, 11) is -3.88. The molecule has 2 aromatic carbocycles. The minimum absolute atomic E-state index is 0.0877. The van der Waals surface area contributed by atoms with Gasteiger partial charge in [-0.05, 0) is 43.0 Å². The molecule has 0 aromatic heterocycles. The van der Waals surface area contributed by atoms with E-state index < -0.39 is 20.5 Å². The van der Waals surface area contributed by atoms with E-state index >= 15 is 0 Å². The van der Waals surface area contributed by atoms with Crippen LogP contribution in [0.2, 0.25) is 0 Å². The zero-order valence-corrected chi connectivity index (χ0v) is 17.6. The maximum absolute atomic E-state index is 13.1. The number of benzene rings is 2. The van der Waals surface area contributed by atoms with Crippen molar-refractivity contribution < 1.29 is 17.9 Å². The third kappa shape index (κ3) is 4.45. The fraction of sp³-hybridized carbons (Fsp3) is 0.409. The third-order valence-electron chi connectivity index (χ3n) is 4.81. The lowest BCUT2D eigenvalue weighted by Crippen LogP contribution is -2.53. The van der Waals surface area contributed by atoms with Crippen LogP contribution in [-0.2, 0) is 19.4 Å². The smallest absolute Gasteiger partial charge is 0.239 e. The van der Waals surface area contributed by atoms with Crippen LogP contribution >= 0.6 is 0 Å². The van der Waals surface area contributed by atoms with E-state index in [1.165, 1.54) is 6.42 Å². The molecule has 1 fully saturated rings. The van der Waals surface area contributed by atoms with Crippen molar-refractivity contribution in [3.8, 4) is 11.1 Å². The van der Waals surface area contributed by atoms with E-state index in [9.17, 15) is 13.2 Å². The van der Waals surface area contributed by atoms with Gasteiger partial charge in [0.05, 0.1) is 4.90 Å². The van der Waals surface area contributed by atoms with Gasteiger partial charge in [-0.3, -0.25) is 4.79 Å². The van der Waals surface area contributed by atoms with Crippen LogP contribution in [0, 0.1) is 6.92 Å². The monoisotopic (exact) mass is 403 g/mol. The van der Waals surface area contributed by atoms with Crippen LogP contribution in [0.15, 0.2) is 53.4 Å². The second-order valence-corrected chi connectivity index (χ2v) is 9.33. The van der Waals surface area contributed by atoms with E-state index in [-0.39, 0.29) is 31.0 Å². The summed E-state index contributed by atoms with van der Waals surface area (Å²) in [4.78, 5) is 12.1. The van der Waals surface area contributed by atoms with Crippen LogP contribution in [0.1, 0.15) is 38.7 Å². The van der Waals surface area contributed by atoms with E-state index in [1.54, 1.807) is 24.3 Å². The Bertz CT molecular complexity index is 881. The molecular formula is C22H29NO4S. The molecule has 2 N–H and O–H groups in total. The summed E-state index contributed by atoms with van der Waals surface area (Å²) < 4.78 is 29.8. The highest BCUT2D eigenvalue weighted by Crippen LogP contribution is 2.35. The Morgan fingerprint density at radius 3 is 1.82 bits per heavy atom. The molecule has 152 valence electrons. The molecule has 0 saturated carbocycles. The van der Waals surface area contributed by atoms with Gasteiger partial charge in [-0.15, -0.1) is 0 Å². The molecule has 2 aromatic rings. The molecule has 3 rings (SSSR count). The number of hydrogen-bond acceptors (Lipinski definition) is 4. The summed E-state index contributed by atoms with van der Waals surface area (Å²) in [6, 6.07) is 14.6. The van der Waals surface area contributed by atoms with E-state index in [0.717, 1.165) is 16.7 Å². The third-order valence-corrected chi connectivity index (χ3v) is 7.34. The number of amides is 1. The van der Waals surface area contributed by atoms with Gasteiger partial charge in [0.1, 0.15) is 0 Å². The van der Waals surface area contributed by atoms with Gasteiger partial charge in [0.2, 0.25) is 5.91 Å². The summed E-state index contributed by atoms with van der Waals surface area (Å²) in [6.07, 6.45) is 1.43. The van der Waals surface area contributed by atoms with Crippen molar-refractivity contribution >= 4 is 15.7 Å². The fourth-order valence-electron chi connectivity index (χ4n) is 3.15. The molecule has 1 heterocycles. The Kier molecular flexibility index (Phi) is 7.38. The molecule has 0 spiro atoms. The summed E-state index contributed by atoms with van der Waals surface area (Å²) in [6.45, 7) is 6.68. The zero-order valence-electron chi connectivity index (χ0n) is 16.8. The molecule has 1 aliphatic rings. The normalized spacial score (nSPS) is 16.0. The first kappa shape index (κ1) is 22.1. The van der Waals surface area contributed by atoms with Gasteiger partial charge in [0.15, 0.2) is 14.6 Å². The molecule has 0 bridgehead atoms. The molecule has 28 heavy (non-hydrogen) atoms. The average molecular weight is 404 g/mol. The number of sulfone groups is 1. The van der Waals surface area contributed by atoms with Gasteiger partial charge in [-0.2, -0.15) is 0 Å². The van der Waals surface area contributed by atoms with Crippen molar-refractivity contribution in [2.45, 2.75) is 49.7 Å². The van der Waals surface area contributed by atoms with Crippen LogP contribution < -0.4 is 5.73 Å². The molecular weight excluding hydrogens is 374 g/mol. The van der Waals surface area contributed by atoms with Crippen molar-refractivity contribution in [1.82, 2.24) is 0 Å². The number of aryl methyl sites for hydroxylation is 1. The van der Waals surface area contributed by atoms with Crippen LogP contribution in [0.3, 0.4) is 0 Å². The first-order valence-electron chi connectivity index (χ1n) is 9.58. The van der Waals surface area contributed by atoms with E-state index in [2.05, 4.69) is 13.8 Å². The first-order valence-corrected chi connectivity index (χ1v) is 11.1. The van der Waals surface area contributed by atoms with E-state index in [1.807, 2.05) is 31.2 Å². The van der Waals surface area contributed by atoms with Crippen LogP contribution in [0.25, 0.3) is 11.1 Å². The zero-order chi connectivity index (χ0) is 20.8. The molecule has 0 radical (unpaired) electrons. The maximum atomic E-state index is 13.1. The summed E-state index contributed by atoms with van der Waals surface area (Å²) >= 11 is 0. The Morgan fingerprint density at radius 2 is 1.39 bits per heavy atom. The Hall–Kier alpha value is -2.18. The van der Waals surface area contributed by atoms with Crippen LogP contribution in [0.5, 0.6) is 0 Å². The Morgan fingerprint density at radius 1 is 0.964 bits per heavy atom. The van der Waals surface area contributed by atoms with Crippen LogP contribution in [0.4, 0.5) is 0 Å². The van der Waals surface area contributed by atoms with Crippen molar-refractivity contribution in [3.63, 3.8) is 0 Å². The lowest BCUT2D eigenvalue weighted by molar-refractivity contribution is -0.122. The van der Waals surface area contributed by atoms with Crippen molar-refractivity contribution in [1.29, 1.82) is 0 Å². The second-order valence-electron chi connectivity index (χ2n) is 7.07. The number of ether oxygens (including phenoxy) is 1. The molecule has 1 saturated heterocycles. The second kappa shape index (κ2) is 9.34. The van der Waals surface area contributed by atoms with Gasteiger partial charge in [0.25, 0.3) is 0 Å². The SMILES string of the molecule is CCC.Cc1ccc(-c2ccc(S(=O)(=O)C3(C(N)=O)CCOCC3)cc2)cc1. The number of hydrogen-bond donors (Lipinski definition) is 1. The van der Waals surface area contributed by atoms with E-state index in [4.69, 9.17) is 10.5 Å². The Labute approximate surface area is 167 Å².